The quantitative estimate of drug-likeness (QED) is 0.312. The van der Waals surface area contributed by atoms with Crippen LogP contribution >= 0.6 is 0 Å². The Balaban J connectivity index is 1.39. The highest BCUT2D eigenvalue weighted by Gasteiger charge is 2.28. The maximum absolute atomic E-state index is 15.1. The van der Waals surface area contributed by atoms with E-state index in [1.165, 1.54) is 12.1 Å². The Morgan fingerprint density at radius 3 is 2.31 bits per heavy atom. The number of benzene rings is 3. The molecule has 3 aromatic carbocycles. The molecule has 0 atom stereocenters. The minimum atomic E-state index is -0.850. The lowest BCUT2D eigenvalue weighted by atomic mass is 9.82. The number of ether oxygens (including phenoxy) is 2. The van der Waals surface area contributed by atoms with Crippen LogP contribution in [0, 0.1) is 17.5 Å². The maximum Gasteiger partial charge on any atom is 0.338 e. The molecule has 3 aromatic rings. The van der Waals surface area contributed by atoms with Gasteiger partial charge in [-0.15, -0.1) is 0 Å². The highest BCUT2D eigenvalue weighted by atomic mass is 19.2. The molecule has 4 rings (SSSR count). The first-order valence-electron chi connectivity index (χ1n) is 12.3. The van der Waals surface area contributed by atoms with Gasteiger partial charge in [0.2, 0.25) is 0 Å². The molecule has 0 aliphatic heterocycles. The van der Waals surface area contributed by atoms with Crippen molar-refractivity contribution in [1.29, 1.82) is 0 Å². The lowest BCUT2D eigenvalue weighted by Gasteiger charge is -2.29. The predicted molar refractivity (Wildman–Crippen MR) is 134 cm³/mol. The summed E-state index contributed by atoms with van der Waals surface area (Å²) in [5.41, 5.74) is 2.30. The second-order valence-corrected chi connectivity index (χ2v) is 8.91. The molecule has 1 saturated carbocycles. The van der Waals surface area contributed by atoms with Gasteiger partial charge >= 0.3 is 5.97 Å². The number of carbonyl (C=O) groups is 1. The molecule has 1 aliphatic rings. The summed E-state index contributed by atoms with van der Waals surface area (Å²) >= 11 is 0. The van der Waals surface area contributed by atoms with Crippen molar-refractivity contribution in [2.45, 2.75) is 51.6 Å². The summed E-state index contributed by atoms with van der Waals surface area (Å²) in [6, 6.07) is 14.6. The average Bonchev–Trinajstić information content (AvgIpc) is 2.88. The molecule has 0 heterocycles. The Bertz CT molecular complexity index is 1240. The van der Waals surface area contributed by atoms with E-state index in [9.17, 15) is 13.6 Å². The molecule has 1 aliphatic carbocycles. The SMILES string of the molecule is C/C=C/c1ccc(-c2ccc(C3CCC(OC(=O)c4ccc(OCC)c(F)c4)CC3)c(F)c2F)cc1. The Kier molecular flexibility index (Phi) is 8.14. The molecule has 0 unspecified atom stereocenters. The monoisotopic (exact) mass is 494 g/mol. The fourth-order valence-electron chi connectivity index (χ4n) is 4.68. The van der Waals surface area contributed by atoms with Crippen LogP contribution in [-0.2, 0) is 4.74 Å². The van der Waals surface area contributed by atoms with Gasteiger partial charge in [0.25, 0.3) is 0 Å². The lowest BCUT2D eigenvalue weighted by Crippen LogP contribution is -2.24. The van der Waals surface area contributed by atoms with Crippen LogP contribution in [0.4, 0.5) is 13.2 Å². The molecule has 6 heteroatoms. The van der Waals surface area contributed by atoms with Gasteiger partial charge in [-0.25, -0.2) is 18.0 Å². The third-order valence-electron chi connectivity index (χ3n) is 6.55. The Morgan fingerprint density at radius 2 is 1.67 bits per heavy atom. The summed E-state index contributed by atoms with van der Waals surface area (Å²) in [5.74, 6) is -2.98. The van der Waals surface area contributed by atoms with Crippen molar-refractivity contribution in [2.75, 3.05) is 6.61 Å². The van der Waals surface area contributed by atoms with Crippen LogP contribution in [0.25, 0.3) is 17.2 Å². The molecule has 1 fully saturated rings. The molecule has 0 spiro atoms. The molecule has 0 saturated heterocycles. The first-order valence-corrected chi connectivity index (χ1v) is 12.3. The number of halogens is 3. The Labute approximate surface area is 209 Å². The van der Waals surface area contributed by atoms with Crippen LogP contribution in [-0.4, -0.2) is 18.7 Å². The first kappa shape index (κ1) is 25.5. The van der Waals surface area contributed by atoms with E-state index in [1.54, 1.807) is 31.2 Å². The summed E-state index contributed by atoms with van der Waals surface area (Å²) in [6.07, 6.45) is 5.66. The lowest BCUT2D eigenvalue weighted by molar-refractivity contribution is 0.0193. The summed E-state index contributed by atoms with van der Waals surface area (Å²) in [5, 5.41) is 0. The predicted octanol–water partition coefficient (Wildman–Crippen LogP) is 8.09. The van der Waals surface area contributed by atoms with Gasteiger partial charge in [0, 0.05) is 5.56 Å². The van der Waals surface area contributed by atoms with Crippen LogP contribution in [0.3, 0.4) is 0 Å². The molecule has 36 heavy (non-hydrogen) atoms. The summed E-state index contributed by atoms with van der Waals surface area (Å²) in [7, 11) is 0. The van der Waals surface area contributed by atoms with E-state index in [-0.39, 0.29) is 28.9 Å². The molecule has 188 valence electrons. The van der Waals surface area contributed by atoms with Crippen LogP contribution in [0.15, 0.2) is 60.7 Å². The topological polar surface area (TPSA) is 35.5 Å². The van der Waals surface area contributed by atoms with Crippen molar-refractivity contribution < 1.29 is 27.4 Å². The number of rotatable bonds is 7. The largest absolute Gasteiger partial charge is 0.491 e. The van der Waals surface area contributed by atoms with Crippen molar-refractivity contribution in [3.63, 3.8) is 0 Å². The Morgan fingerprint density at radius 1 is 0.944 bits per heavy atom. The van der Waals surface area contributed by atoms with E-state index >= 15 is 4.39 Å². The van der Waals surface area contributed by atoms with E-state index in [0.29, 0.717) is 43.4 Å². The highest BCUT2D eigenvalue weighted by molar-refractivity contribution is 5.89. The van der Waals surface area contributed by atoms with E-state index < -0.39 is 23.4 Å². The van der Waals surface area contributed by atoms with Crippen LogP contribution < -0.4 is 4.74 Å². The molecular formula is C30H29F3O3. The van der Waals surface area contributed by atoms with Gasteiger partial charge < -0.3 is 9.47 Å². The molecule has 0 amide bonds. The summed E-state index contributed by atoms with van der Waals surface area (Å²) in [6.45, 7) is 3.99. The third-order valence-corrected chi connectivity index (χ3v) is 6.55. The van der Waals surface area contributed by atoms with Gasteiger partial charge in [-0.1, -0.05) is 48.6 Å². The summed E-state index contributed by atoms with van der Waals surface area (Å²) < 4.78 is 54.8. The molecule has 3 nitrogen and oxygen atoms in total. The van der Waals surface area contributed by atoms with Crippen molar-refractivity contribution in [3.8, 4) is 16.9 Å². The van der Waals surface area contributed by atoms with Gasteiger partial charge in [0.05, 0.1) is 12.2 Å². The number of allylic oxidation sites excluding steroid dienone is 1. The van der Waals surface area contributed by atoms with E-state index in [1.807, 2.05) is 31.2 Å². The van der Waals surface area contributed by atoms with Gasteiger partial charge in [0.1, 0.15) is 6.10 Å². The molecule has 0 aromatic heterocycles. The van der Waals surface area contributed by atoms with E-state index in [0.717, 1.165) is 11.6 Å². The zero-order valence-corrected chi connectivity index (χ0v) is 20.4. The van der Waals surface area contributed by atoms with Crippen molar-refractivity contribution in [3.05, 3.63) is 94.8 Å². The second kappa shape index (κ2) is 11.5. The zero-order valence-electron chi connectivity index (χ0n) is 20.4. The number of carbonyl (C=O) groups excluding carboxylic acids is 1. The molecule has 0 radical (unpaired) electrons. The van der Waals surface area contributed by atoms with Crippen LogP contribution in [0.5, 0.6) is 5.75 Å². The van der Waals surface area contributed by atoms with Crippen molar-refractivity contribution >= 4 is 12.0 Å². The third kappa shape index (κ3) is 5.64. The van der Waals surface area contributed by atoms with Crippen LogP contribution in [0.1, 0.15) is 66.9 Å². The van der Waals surface area contributed by atoms with E-state index in [2.05, 4.69) is 0 Å². The van der Waals surface area contributed by atoms with Gasteiger partial charge in [-0.3, -0.25) is 0 Å². The normalized spacial score (nSPS) is 17.8. The minimum Gasteiger partial charge on any atom is -0.491 e. The van der Waals surface area contributed by atoms with E-state index in [4.69, 9.17) is 9.47 Å². The second-order valence-electron chi connectivity index (χ2n) is 8.91. The Hall–Kier alpha value is -3.54. The standard InChI is InChI=1S/C30H29F3O3/c1-3-5-19-6-8-20(9-7-19)24-15-16-25(29(33)28(24)32)21-10-13-23(14-11-21)36-30(34)22-12-17-27(35-4-2)26(31)18-22/h3,5-9,12,15-18,21,23H,4,10-11,13-14H2,1-2H3/b5-3+. The van der Waals surface area contributed by atoms with Crippen molar-refractivity contribution in [2.24, 2.45) is 0 Å². The molecule has 0 bridgehead atoms. The van der Waals surface area contributed by atoms with Crippen LogP contribution in [0.2, 0.25) is 0 Å². The van der Waals surface area contributed by atoms with Gasteiger partial charge in [-0.2, -0.15) is 0 Å². The first-order chi connectivity index (χ1) is 17.4. The number of esters is 1. The molecule has 0 N–H and O–H groups in total. The summed E-state index contributed by atoms with van der Waals surface area (Å²) in [4.78, 5) is 12.5. The van der Waals surface area contributed by atoms with Crippen molar-refractivity contribution in [1.82, 2.24) is 0 Å². The maximum atomic E-state index is 15.1. The van der Waals surface area contributed by atoms with Gasteiger partial charge in [0.15, 0.2) is 23.2 Å². The minimum absolute atomic E-state index is 0.0838. The fraction of sp³-hybridized carbons (Fsp3) is 0.300. The fourth-order valence-corrected chi connectivity index (χ4v) is 4.68. The smallest absolute Gasteiger partial charge is 0.338 e. The van der Waals surface area contributed by atoms with Gasteiger partial charge in [-0.05, 0) is 80.3 Å². The highest BCUT2D eigenvalue weighted by Crippen LogP contribution is 2.38. The zero-order chi connectivity index (χ0) is 25.7. The number of hydrogen-bond donors (Lipinski definition) is 0. The number of hydrogen-bond acceptors (Lipinski definition) is 3. The average molecular weight is 495 g/mol. The molecular weight excluding hydrogens is 465 g/mol.